The first-order chi connectivity index (χ1) is 16.2. The molecule has 0 saturated carbocycles. The van der Waals surface area contributed by atoms with Gasteiger partial charge in [0.1, 0.15) is 5.69 Å². The van der Waals surface area contributed by atoms with Gasteiger partial charge < -0.3 is 10.1 Å². The lowest BCUT2D eigenvalue weighted by molar-refractivity contribution is 0.185. The van der Waals surface area contributed by atoms with Gasteiger partial charge in [0.15, 0.2) is 0 Å². The topological polar surface area (TPSA) is 93.5 Å². The molecule has 0 fully saturated rings. The van der Waals surface area contributed by atoms with Gasteiger partial charge in [-0.15, -0.1) is 0 Å². The second kappa shape index (κ2) is 9.32. The number of pyridine rings is 2. The van der Waals surface area contributed by atoms with Crippen molar-refractivity contribution in [1.29, 1.82) is 0 Å². The molecule has 4 heterocycles. The monoisotopic (exact) mass is 439 g/mol. The normalized spacial score (nSPS) is 11.3. The number of rotatable bonds is 8. The van der Waals surface area contributed by atoms with Gasteiger partial charge in [0, 0.05) is 48.9 Å². The summed E-state index contributed by atoms with van der Waals surface area (Å²) in [5, 5.41) is 15.3. The summed E-state index contributed by atoms with van der Waals surface area (Å²) in [4.78, 5) is 9.52. The van der Waals surface area contributed by atoms with Crippen LogP contribution in [0.5, 0.6) is 0 Å². The molecule has 0 unspecified atom stereocenters. The van der Waals surface area contributed by atoms with Crippen molar-refractivity contribution in [2.45, 2.75) is 13.2 Å². The minimum absolute atomic E-state index is 0.557. The number of hydrogen-bond acceptors (Lipinski definition) is 6. The van der Waals surface area contributed by atoms with Crippen LogP contribution in [0.4, 0.5) is 0 Å². The zero-order chi connectivity index (χ0) is 22.6. The van der Waals surface area contributed by atoms with E-state index in [1.807, 2.05) is 72.8 Å². The highest BCUT2D eigenvalue weighted by molar-refractivity contribution is 5.85. The first-order valence-corrected chi connectivity index (χ1v) is 10.8. The standard InChI is InChI=1S/C25H25N7O/c1-26-9-11-32-10-8-21(31-32)19-13-24-23(27-14-19)7-6-22(29-24)20-15-28-30-25(20)18-5-3-4-17(12-18)16-33-2/h3-8,10,12-15,26H,9,11,16H2,1-2H3,(H,28,30). The van der Waals surface area contributed by atoms with Crippen LogP contribution in [-0.2, 0) is 17.9 Å². The minimum Gasteiger partial charge on any atom is -0.380 e. The Hall–Kier alpha value is -3.88. The van der Waals surface area contributed by atoms with Gasteiger partial charge in [-0.1, -0.05) is 18.2 Å². The fourth-order valence-electron chi connectivity index (χ4n) is 3.84. The van der Waals surface area contributed by atoms with Gasteiger partial charge in [-0.3, -0.25) is 14.8 Å². The number of ether oxygens (including phenoxy) is 1. The van der Waals surface area contributed by atoms with E-state index < -0.39 is 0 Å². The van der Waals surface area contributed by atoms with Gasteiger partial charge in [-0.25, -0.2) is 4.98 Å². The maximum atomic E-state index is 5.27. The van der Waals surface area contributed by atoms with Gasteiger partial charge in [-0.05, 0) is 42.9 Å². The van der Waals surface area contributed by atoms with Crippen LogP contribution < -0.4 is 5.32 Å². The van der Waals surface area contributed by atoms with E-state index in [2.05, 4.69) is 31.7 Å². The van der Waals surface area contributed by atoms with E-state index in [1.165, 1.54) is 0 Å². The van der Waals surface area contributed by atoms with Crippen LogP contribution in [0.1, 0.15) is 5.56 Å². The van der Waals surface area contributed by atoms with Crippen molar-refractivity contribution in [3.8, 4) is 33.8 Å². The molecule has 33 heavy (non-hydrogen) atoms. The Morgan fingerprint density at radius 2 is 1.97 bits per heavy atom. The number of methoxy groups -OCH3 is 1. The maximum absolute atomic E-state index is 5.27. The highest BCUT2D eigenvalue weighted by atomic mass is 16.5. The van der Waals surface area contributed by atoms with Crippen LogP contribution in [0.2, 0.25) is 0 Å². The first kappa shape index (κ1) is 21.0. The maximum Gasteiger partial charge on any atom is 0.101 e. The molecule has 5 aromatic rings. The van der Waals surface area contributed by atoms with Crippen LogP contribution in [0.3, 0.4) is 0 Å². The number of aromatic amines is 1. The summed E-state index contributed by atoms with van der Waals surface area (Å²) in [6.07, 6.45) is 5.71. The van der Waals surface area contributed by atoms with Crippen LogP contribution in [0.15, 0.2) is 67.1 Å². The molecular weight excluding hydrogens is 414 g/mol. The average Bonchev–Trinajstić information content (AvgIpc) is 3.53. The summed E-state index contributed by atoms with van der Waals surface area (Å²) < 4.78 is 7.20. The zero-order valence-corrected chi connectivity index (χ0v) is 18.6. The third-order valence-electron chi connectivity index (χ3n) is 5.49. The highest BCUT2D eigenvalue weighted by Gasteiger charge is 2.14. The predicted octanol–water partition coefficient (Wildman–Crippen LogP) is 3.92. The van der Waals surface area contributed by atoms with E-state index in [0.29, 0.717) is 6.61 Å². The minimum atomic E-state index is 0.557. The van der Waals surface area contributed by atoms with Gasteiger partial charge in [0.05, 0.1) is 35.6 Å². The third kappa shape index (κ3) is 4.39. The molecule has 0 aliphatic heterocycles. The van der Waals surface area contributed by atoms with Gasteiger partial charge in [0.2, 0.25) is 0 Å². The van der Waals surface area contributed by atoms with Crippen molar-refractivity contribution < 1.29 is 4.74 Å². The number of likely N-dealkylation sites (N-methyl/N-ethyl adjacent to an activating group) is 1. The molecule has 166 valence electrons. The second-order valence-corrected chi connectivity index (χ2v) is 7.81. The smallest absolute Gasteiger partial charge is 0.101 e. The Bertz CT molecular complexity index is 1390. The van der Waals surface area contributed by atoms with Crippen LogP contribution >= 0.6 is 0 Å². The number of hydrogen-bond donors (Lipinski definition) is 2. The Balaban J connectivity index is 1.50. The third-order valence-corrected chi connectivity index (χ3v) is 5.49. The Morgan fingerprint density at radius 3 is 2.85 bits per heavy atom. The van der Waals surface area contributed by atoms with Crippen LogP contribution in [-0.4, -0.2) is 50.6 Å². The van der Waals surface area contributed by atoms with E-state index >= 15 is 0 Å². The van der Waals surface area contributed by atoms with Crippen LogP contribution in [0, 0.1) is 0 Å². The van der Waals surface area contributed by atoms with E-state index in [-0.39, 0.29) is 0 Å². The molecule has 0 radical (unpaired) electrons. The van der Waals surface area contributed by atoms with E-state index in [1.54, 1.807) is 7.11 Å². The molecule has 0 aliphatic carbocycles. The van der Waals surface area contributed by atoms with Crippen molar-refractivity contribution in [3.05, 3.63) is 72.7 Å². The fourth-order valence-corrected chi connectivity index (χ4v) is 3.84. The summed E-state index contributed by atoms with van der Waals surface area (Å²) >= 11 is 0. The largest absolute Gasteiger partial charge is 0.380 e. The van der Waals surface area contributed by atoms with Crippen molar-refractivity contribution in [3.63, 3.8) is 0 Å². The number of H-pyrrole nitrogens is 1. The summed E-state index contributed by atoms with van der Waals surface area (Å²) in [6.45, 7) is 2.24. The molecule has 0 saturated heterocycles. The molecular formula is C25H25N7O. The molecule has 5 rings (SSSR count). The molecule has 8 nitrogen and oxygen atoms in total. The average molecular weight is 440 g/mol. The molecule has 0 aliphatic rings. The zero-order valence-electron chi connectivity index (χ0n) is 18.6. The lowest BCUT2D eigenvalue weighted by Crippen LogP contribution is -2.15. The molecule has 0 spiro atoms. The summed E-state index contributed by atoms with van der Waals surface area (Å²) in [7, 11) is 3.63. The molecule has 2 N–H and O–H groups in total. The van der Waals surface area contributed by atoms with Crippen molar-refractivity contribution >= 4 is 11.0 Å². The molecule has 8 heteroatoms. The number of nitrogens with zero attached hydrogens (tertiary/aromatic N) is 5. The van der Waals surface area contributed by atoms with Crippen molar-refractivity contribution in [2.24, 2.45) is 0 Å². The number of aromatic nitrogens is 6. The lowest BCUT2D eigenvalue weighted by Gasteiger charge is -2.07. The van der Waals surface area contributed by atoms with E-state index in [0.717, 1.165) is 63.5 Å². The van der Waals surface area contributed by atoms with Gasteiger partial charge in [0.25, 0.3) is 0 Å². The second-order valence-electron chi connectivity index (χ2n) is 7.81. The first-order valence-electron chi connectivity index (χ1n) is 10.8. The summed E-state index contributed by atoms with van der Waals surface area (Å²) in [5.74, 6) is 0. The number of benzene rings is 1. The van der Waals surface area contributed by atoms with Gasteiger partial charge >= 0.3 is 0 Å². The van der Waals surface area contributed by atoms with Crippen molar-refractivity contribution in [2.75, 3.05) is 20.7 Å². The quantitative estimate of drug-likeness (QED) is 0.381. The molecule has 0 bridgehead atoms. The molecule has 4 aromatic heterocycles. The SMILES string of the molecule is CNCCn1ccc(-c2cnc3ccc(-c4c[nH]nc4-c4cccc(COC)c4)nc3c2)n1. The predicted molar refractivity (Wildman–Crippen MR) is 128 cm³/mol. The van der Waals surface area contributed by atoms with E-state index in [4.69, 9.17) is 9.72 Å². The van der Waals surface area contributed by atoms with Gasteiger partial charge in [-0.2, -0.15) is 10.2 Å². The van der Waals surface area contributed by atoms with Crippen LogP contribution in [0.25, 0.3) is 44.8 Å². The van der Waals surface area contributed by atoms with Crippen molar-refractivity contribution in [1.82, 2.24) is 35.3 Å². The number of nitrogens with one attached hydrogen (secondary N) is 2. The Kier molecular flexibility index (Phi) is 5.93. The number of fused-ring (bicyclic) bond motifs is 1. The molecule has 1 aromatic carbocycles. The molecule has 0 atom stereocenters. The Morgan fingerprint density at radius 1 is 1.03 bits per heavy atom. The van der Waals surface area contributed by atoms with E-state index in [9.17, 15) is 0 Å². The highest BCUT2D eigenvalue weighted by Crippen LogP contribution is 2.31. The Labute approximate surface area is 191 Å². The fraction of sp³-hybridized carbons (Fsp3) is 0.200. The molecule has 0 amide bonds. The lowest BCUT2D eigenvalue weighted by atomic mass is 10.0. The summed E-state index contributed by atoms with van der Waals surface area (Å²) in [5.41, 5.74) is 8.21. The summed E-state index contributed by atoms with van der Waals surface area (Å²) in [6, 6.07) is 16.2.